The van der Waals surface area contributed by atoms with Gasteiger partial charge in [-0.2, -0.15) is 0 Å². The van der Waals surface area contributed by atoms with E-state index in [4.69, 9.17) is 11.6 Å². The lowest BCUT2D eigenvalue weighted by molar-refractivity contribution is 0.129. The highest BCUT2D eigenvalue weighted by Gasteiger charge is 2.31. The molecule has 0 aromatic carbocycles. The molecule has 2 aliphatic heterocycles. The molecule has 3 rings (SSSR count). The van der Waals surface area contributed by atoms with Crippen LogP contribution in [0.4, 0.5) is 0 Å². The number of sulfone groups is 1. The number of hydrogen-bond acceptors (Lipinski definition) is 4. The summed E-state index contributed by atoms with van der Waals surface area (Å²) in [6.07, 6.45) is 2.29. The predicted molar refractivity (Wildman–Crippen MR) is 72.2 cm³/mol. The third-order valence-electron chi connectivity index (χ3n) is 4.08. The lowest BCUT2D eigenvalue weighted by Crippen LogP contribution is -2.29. The van der Waals surface area contributed by atoms with E-state index in [0.29, 0.717) is 31.0 Å². The maximum absolute atomic E-state index is 11.5. The van der Waals surface area contributed by atoms with Crippen molar-refractivity contribution in [2.75, 3.05) is 11.5 Å². The van der Waals surface area contributed by atoms with Crippen molar-refractivity contribution in [2.24, 2.45) is 0 Å². The van der Waals surface area contributed by atoms with Gasteiger partial charge >= 0.3 is 0 Å². The molecule has 5 nitrogen and oxygen atoms in total. The Morgan fingerprint density at radius 3 is 2.63 bits per heavy atom. The first-order chi connectivity index (χ1) is 8.96. The molecule has 0 aliphatic carbocycles. The van der Waals surface area contributed by atoms with E-state index in [2.05, 4.69) is 4.98 Å². The molecule has 1 saturated heterocycles. The van der Waals surface area contributed by atoms with E-state index in [0.717, 1.165) is 17.9 Å². The van der Waals surface area contributed by atoms with E-state index in [1.807, 2.05) is 4.57 Å². The number of rotatable bonds is 1. The van der Waals surface area contributed by atoms with Crippen LogP contribution in [0.15, 0.2) is 0 Å². The Hall–Kier alpha value is -0.590. The summed E-state index contributed by atoms with van der Waals surface area (Å²) >= 11 is 6.15. The van der Waals surface area contributed by atoms with Crippen LogP contribution in [0.5, 0.6) is 0 Å². The van der Waals surface area contributed by atoms with Crippen LogP contribution in [0.3, 0.4) is 0 Å². The maximum atomic E-state index is 11.5. The average molecular weight is 305 g/mol. The van der Waals surface area contributed by atoms with Gasteiger partial charge in [0.15, 0.2) is 5.15 Å². The van der Waals surface area contributed by atoms with Crippen LogP contribution in [0.1, 0.15) is 36.7 Å². The van der Waals surface area contributed by atoms with Gasteiger partial charge in [-0.15, -0.1) is 0 Å². The van der Waals surface area contributed by atoms with Crippen LogP contribution in [0, 0.1) is 0 Å². The molecule has 1 aromatic rings. The first-order valence-electron chi connectivity index (χ1n) is 6.59. The molecular formula is C12H17ClN2O3S. The summed E-state index contributed by atoms with van der Waals surface area (Å²) in [4.78, 5) is 4.42. The third-order valence-corrected chi connectivity index (χ3v) is 6.10. The Kier molecular flexibility index (Phi) is 3.35. The first-order valence-corrected chi connectivity index (χ1v) is 8.79. The van der Waals surface area contributed by atoms with Crippen molar-refractivity contribution < 1.29 is 13.5 Å². The highest BCUT2D eigenvalue weighted by atomic mass is 35.5. The Morgan fingerprint density at radius 2 is 1.95 bits per heavy atom. The van der Waals surface area contributed by atoms with Crippen LogP contribution in [0.25, 0.3) is 0 Å². The standard InChI is InChI=1S/C12H17ClN2O3S/c13-11-10-2-1-9(16)7-15(10)12(14-11)8-3-5-19(17,18)6-4-8/h8-9,16H,1-7H2. The number of aliphatic hydroxyl groups excluding tert-OH is 1. The zero-order valence-electron chi connectivity index (χ0n) is 10.5. The molecule has 7 heteroatoms. The van der Waals surface area contributed by atoms with E-state index in [9.17, 15) is 13.5 Å². The fourth-order valence-electron chi connectivity index (χ4n) is 2.98. The van der Waals surface area contributed by atoms with Crippen LogP contribution >= 0.6 is 11.6 Å². The van der Waals surface area contributed by atoms with E-state index in [-0.39, 0.29) is 23.5 Å². The maximum Gasteiger partial charge on any atom is 0.150 e. The number of fused-ring (bicyclic) bond motifs is 1. The fourth-order valence-corrected chi connectivity index (χ4v) is 4.76. The van der Waals surface area contributed by atoms with Gasteiger partial charge in [0, 0.05) is 5.92 Å². The quantitative estimate of drug-likeness (QED) is 0.844. The molecule has 0 spiro atoms. The largest absolute Gasteiger partial charge is 0.391 e. The second-order valence-electron chi connectivity index (χ2n) is 5.44. The molecule has 0 saturated carbocycles. The van der Waals surface area contributed by atoms with Gasteiger partial charge in [0.2, 0.25) is 0 Å². The summed E-state index contributed by atoms with van der Waals surface area (Å²) in [5.74, 6) is 1.44. The van der Waals surface area contributed by atoms with Gasteiger partial charge in [-0.1, -0.05) is 11.6 Å². The molecule has 106 valence electrons. The minimum Gasteiger partial charge on any atom is -0.391 e. The molecule has 1 atom stereocenters. The Bertz CT molecular complexity index is 582. The summed E-state index contributed by atoms with van der Waals surface area (Å²) in [5.41, 5.74) is 0.982. The normalized spacial score (nSPS) is 27.2. The number of imidazole rings is 1. The second-order valence-corrected chi connectivity index (χ2v) is 8.10. The summed E-state index contributed by atoms with van der Waals surface area (Å²) < 4.78 is 25.0. The Balaban J connectivity index is 1.90. The molecule has 19 heavy (non-hydrogen) atoms. The SMILES string of the molecule is O=S1(=O)CCC(c2nc(Cl)c3n2CC(O)CC3)CC1. The summed E-state index contributed by atoms with van der Waals surface area (Å²) in [6, 6.07) is 0. The summed E-state index contributed by atoms with van der Waals surface area (Å²) in [5, 5.41) is 10.3. The molecule has 0 bridgehead atoms. The van der Waals surface area contributed by atoms with Gasteiger partial charge in [0.05, 0.1) is 29.8 Å². The van der Waals surface area contributed by atoms with E-state index in [1.165, 1.54) is 0 Å². The van der Waals surface area contributed by atoms with Gasteiger partial charge < -0.3 is 9.67 Å². The zero-order chi connectivity index (χ0) is 13.6. The topological polar surface area (TPSA) is 72.2 Å². The Labute approximate surface area is 117 Å². The van der Waals surface area contributed by atoms with Crippen molar-refractivity contribution in [3.05, 3.63) is 16.7 Å². The van der Waals surface area contributed by atoms with Crippen molar-refractivity contribution in [2.45, 2.75) is 44.2 Å². The highest BCUT2D eigenvalue weighted by molar-refractivity contribution is 7.91. The van der Waals surface area contributed by atoms with Crippen LogP contribution in [-0.2, 0) is 22.8 Å². The molecule has 2 aliphatic rings. The molecule has 1 aromatic heterocycles. The highest BCUT2D eigenvalue weighted by Crippen LogP contribution is 2.33. The lowest BCUT2D eigenvalue weighted by atomic mass is 10.0. The van der Waals surface area contributed by atoms with Crippen LogP contribution < -0.4 is 0 Å². The smallest absolute Gasteiger partial charge is 0.150 e. The summed E-state index contributed by atoms with van der Waals surface area (Å²) in [6.45, 7) is 0.521. The van der Waals surface area contributed by atoms with Crippen molar-refractivity contribution in [3.63, 3.8) is 0 Å². The van der Waals surface area contributed by atoms with Gasteiger partial charge in [0.25, 0.3) is 0 Å². The minimum absolute atomic E-state index is 0.139. The molecular weight excluding hydrogens is 288 g/mol. The molecule has 1 fully saturated rings. The van der Waals surface area contributed by atoms with Gasteiger partial charge in [-0.3, -0.25) is 0 Å². The van der Waals surface area contributed by atoms with E-state index < -0.39 is 9.84 Å². The Morgan fingerprint density at radius 1 is 1.26 bits per heavy atom. The van der Waals surface area contributed by atoms with Crippen molar-refractivity contribution in [1.29, 1.82) is 0 Å². The molecule has 1 unspecified atom stereocenters. The molecule has 1 N–H and O–H groups in total. The lowest BCUT2D eigenvalue weighted by Gasteiger charge is -2.26. The molecule has 3 heterocycles. The van der Waals surface area contributed by atoms with Crippen LogP contribution in [-0.4, -0.2) is 40.7 Å². The average Bonchev–Trinajstić information content (AvgIpc) is 2.66. The van der Waals surface area contributed by atoms with E-state index in [1.54, 1.807) is 0 Å². The van der Waals surface area contributed by atoms with Crippen molar-refractivity contribution in [1.82, 2.24) is 9.55 Å². The number of aliphatic hydroxyl groups is 1. The number of hydrogen-bond donors (Lipinski definition) is 1. The second kappa shape index (κ2) is 4.75. The summed E-state index contributed by atoms with van der Waals surface area (Å²) in [7, 11) is -2.87. The zero-order valence-corrected chi connectivity index (χ0v) is 12.1. The van der Waals surface area contributed by atoms with E-state index >= 15 is 0 Å². The van der Waals surface area contributed by atoms with Crippen molar-refractivity contribution in [3.8, 4) is 0 Å². The monoisotopic (exact) mass is 304 g/mol. The minimum atomic E-state index is -2.87. The fraction of sp³-hybridized carbons (Fsp3) is 0.750. The number of aromatic nitrogens is 2. The van der Waals surface area contributed by atoms with Gasteiger partial charge in [0.1, 0.15) is 15.7 Å². The van der Waals surface area contributed by atoms with Crippen molar-refractivity contribution >= 4 is 21.4 Å². The van der Waals surface area contributed by atoms with Crippen LogP contribution in [0.2, 0.25) is 5.15 Å². The number of nitrogens with zero attached hydrogens (tertiary/aromatic N) is 2. The number of halogens is 1. The molecule has 0 radical (unpaired) electrons. The van der Waals surface area contributed by atoms with Gasteiger partial charge in [-0.05, 0) is 25.7 Å². The molecule has 0 amide bonds. The first kappa shape index (κ1) is 13.4. The third kappa shape index (κ3) is 2.53. The predicted octanol–water partition coefficient (Wildman–Crippen LogP) is 1.14. The van der Waals surface area contributed by atoms with Gasteiger partial charge in [-0.25, -0.2) is 13.4 Å².